The monoisotopic (exact) mass is 259 g/mol. The fraction of sp³-hybridized carbons (Fsp3) is 0.556. The summed E-state index contributed by atoms with van der Waals surface area (Å²) < 4.78 is 1.41. The molecule has 0 amide bonds. The molecule has 1 aromatic heterocycles. The molecule has 0 spiro atoms. The highest BCUT2D eigenvalue weighted by Crippen LogP contribution is 2.32. The van der Waals surface area contributed by atoms with Crippen LogP contribution in [-0.4, -0.2) is 31.5 Å². The average molecular weight is 259 g/mol. The molecular weight excluding hydrogens is 246 g/mol. The van der Waals surface area contributed by atoms with Gasteiger partial charge in [-0.2, -0.15) is 5.10 Å². The molecule has 1 aromatic rings. The molecule has 0 bridgehead atoms. The van der Waals surface area contributed by atoms with Crippen LogP contribution in [0.1, 0.15) is 12.6 Å². The van der Waals surface area contributed by atoms with Crippen LogP contribution in [0.5, 0.6) is 0 Å². The van der Waals surface area contributed by atoms with E-state index in [9.17, 15) is 14.9 Å². The summed E-state index contributed by atoms with van der Waals surface area (Å²) in [5, 5.41) is 24.0. The minimum atomic E-state index is -0.918. The van der Waals surface area contributed by atoms with Gasteiger partial charge in [0.25, 0.3) is 0 Å². The number of carboxylic acids is 1. The van der Waals surface area contributed by atoms with Crippen molar-refractivity contribution in [3.8, 4) is 0 Å². The van der Waals surface area contributed by atoms with Gasteiger partial charge >= 0.3 is 11.7 Å². The number of carboxylic acid groups (broad SMARTS) is 1. The van der Waals surface area contributed by atoms with Crippen molar-refractivity contribution in [2.45, 2.75) is 18.9 Å². The third-order valence-electron chi connectivity index (χ3n) is 2.21. The molecule has 0 aliphatic carbocycles. The first kappa shape index (κ1) is 13.5. The average Bonchev–Trinajstić information content (AvgIpc) is 2.49. The third-order valence-corrected chi connectivity index (χ3v) is 3.61. The molecule has 94 valence electrons. The number of aliphatic carboxylic acids is 1. The molecule has 1 unspecified atom stereocenters. The number of hydrogen-bond donors (Lipinski definition) is 1. The quantitative estimate of drug-likeness (QED) is 0.488. The Morgan fingerprint density at radius 2 is 2.29 bits per heavy atom. The maximum Gasteiger partial charge on any atom is 0.323 e. The Labute approximate surface area is 102 Å². The summed E-state index contributed by atoms with van der Waals surface area (Å²) >= 11 is 1.14. The van der Waals surface area contributed by atoms with Crippen molar-refractivity contribution >= 4 is 23.4 Å². The maximum absolute atomic E-state index is 10.9. The van der Waals surface area contributed by atoms with Gasteiger partial charge in [-0.05, 0) is 6.92 Å². The molecular formula is C9H13N3O4S. The fourth-order valence-corrected chi connectivity index (χ4v) is 2.41. The van der Waals surface area contributed by atoms with Crippen LogP contribution in [0.3, 0.4) is 0 Å². The number of rotatable bonds is 5. The van der Waals surface area contributed by atoms with E-state index in [-0.39, 0.29) is 11.4 Å². The van der Waals surface area contributed by atoms with E-state index in [1.165, 1.54) is 4.68 Å². The lowest BCUT2D eigenvalue weighted by Crippen LogP contribution is -2.12. The summed E-state index contributed by atoms with van der Waals surface area (Å²) in [5.41, 5.74) is 0.290. The molecule has 1 heterocycles. The number of nitro groups is 1. The molecule has 0 radical (unpaired) electrons. The lowest BCUT2D eigenvalue weighted by atomic mass is 10.2. The molecule has 0 aromatic carbocycles. The van der Waals surface area contributed by atoms with E-state index in [0.717, 1.165) is 11.8 Å². The molecule has 0 fully saturated rings. The number of thioether (sulfide) groups is 1. The van der Waals surface area contributed by atoms with E-state index in [1.807, 2.05) is 0 Å². The largest absolute Gasteiger partial charge is 0.481 e. The molecule has 0 saturated carbocycles. The van der Waals surface area contributed by atoms with Gasteiger partial charge in [0, 0.05) is 12.8 Å². The summed E-state index contributed by atoms with van der Waals surface area (Å²) in [6.45, 7) is 3.12. The number of hydrogen-bond acceptors (Lipinski definition) is 5. The zero-order valence-corrected chi connectivity index (χ0v) is 10.5. The molecule has 0 aliphatic rings. The van der Waals surface area contributed by atoms with Gasteiger partial charge in [-0.25, -0.2) is 0 Å². The lowest BCUT2D eigenvalue weighted by Gasteiger charge is -2.05. The van der Waals surface area contributed by atoms with Crippen molar-refractivity contribution in [2.24, 2.45) is 13.0 Å². The van der Waals surface area contributed by atoms with Crippen LogP contribution in [0.15, 0.2) is 5.03 Å². The molecule has 1 rings (SSSR count). The highest BCUT2D eigenvalue weighted by Gasteiger charge is 2.25. The predicted molar refractivity (Wildman–Crippen MR) is 62.1 cm³/mol. The highest BCUT2D eigenvalue weighted by atomic mass is 32.2. The topological polar surface area (TPSA) is 98.3 Å². The van der Waals surface area contributed by atoms with Crippen molar-refractivity contribution in [3.63, 3.8) is 0 Å². The SMILES string of the molecule is Cc1nn(C)c(SCC(C)C(=O)O)c1[N+](=O)[O-]. The van der Waals surface area contributed by atoms with Gasteiger partial charge in [-0.1, -0.05) is 18.7 Å². The fourth-order valence-electron chi connectivity index (χ4n) is 1.27. The van der Waals surface area contributed by atoms with Gasteiger partial charge in [0.15, 0.2) is 5.03 Å². The van der Waals surface area contributed by atoms with Crippen molar-refractivity contribution < 1.29 is 14.8 Å². The zero-order chi connectivity index (χ0) is 13.2. The third kappa shape index (κ3) is 2.96. The first-order valence-electron chi connectivity index (χ1n) is 4.88. The molecule has 7 nitrogen and oxygen atoms in total. The molecule has 17 heavy (non-hydrogen) atoms. The molecule has 0 aliphatic heterocycles. The van der Waals surface area contributed by atoms with Gasteiger partial charge < -0.3 is 5.11 Å². The smallest absolute Gasteiger partial charge is 0.323 e. The summed E-state index contributed by atoms with van der Waals surface area (Å²) in [5.74, 6) is -1.20. The highest BCUT2D eigenvalue weighted by molar-refractivity contribution is 7.99. The van der Waals surface area contributed by atoms with Gasteiger partial charge in [-0.15, -0.1) is 0 Å². The molecule has 8 heteroatoms. The van der Waals surface area contributed by atoms with Gasteiger partial charge in [0.05, 0.1) is 10.8 Å². The number of aryl methyl sites for hydroxylation is 2. The molecule has 1 N–H and O–H groups in total. The van der Waals surface area contributed by atoms with Crippen LogP contribution in [0.4, 0.5) is 5.69 Å². The Morgan fingerprint density at radius 1 is 1.71 bits per heavy atom. The lowest BCUT2D eigenvalue weighted by molar-refractivity contribution is -0.388. The number of carbonyl (C=O) groups is 1. The Kier molecular flexibility index (Phi) is 4.11. The van der Waals surface area contributed by atoms with E-state index in [4.69, 9.17) is 5.11 Å². The summed E-state index contributed by atoms with van der Waals surface area (Å²) in [6, 6.07) is 0. The normalized spacial score (nSPS) is 12.4. The number of aromatic nitrogens is 2. The van der Waals surface area contributed by atoms with E-state index in [0.29, 0.717) is 10.7 Å². The van der Waals surface area contributed by atoms with Crippen molar-refractivity contribution in [2.75, 3.05) is 5.75 Å². The second kappa shape index (κ2) is 5.17. The van der Waals surface area contributed by atoms with Crippen molar-refractivity contribution in [3.05, 3.63) is 15.8 Å². The van der Waals surface area contributed by atoms with E-state index >= 15 is 0 Å². The summed E-state index contributed by atoms with van der Waals surface area (Å²) in [4.78, 5) is 21.0. The Hall–Kier alpha value is -1.57. The molecule has 0 saturated heterocycles. The Morgan fingerprint density at radius 3 is 2.76 bits per heavy atom. The van der Waals surface area contributed by atoms with Crippen LogP contribution < -0.4 is 0 Å². The predicted octanol–water partition coefficient (Wildman–Crippen LogP) is 1.45. The van der Waals surface area contributed by atoms with E-state index in [1.54, 1.807) is 20.9 Å². The summed E-state index contributed by atoms with van der Waals surface area (Å²) in [6.07, 6.45) is 0. The summed E-state index contributed by atoms with van der Waals surface area (Å²) in [7, 11) is 1.60. The Bertz CT molecular complexity index is 457. The zero-order valence-electron chi connectivity index (χ0n) is 9.71. The minimum absolute atomic E-state index is 0.0462. The van der Waals surface area contributed by atoms with E-state index < -0.39 is 16.8 Å². The van der Waals surface area contributed by atoms with Crippen LogP contribution >= 0.6 is 11.8 Å². The van der Waals surface area contributed by atoms with Crippen molar-refractivity contribution in [1.82, 2.24) is 9.78 Å². The second-order valence-corrected chi connectivity index (χ2v) is 4.68. The molecule has 1 atom stereocenters. The first-order valence-corrected chi connectivity index (χ1v) is 5.86. The first-order chi connectivity index (χ1) is 7.84. The van der Waals surface area contributed by atoms with Crippen LogP contribution in [-0.2, 0) is 11.8 Å². The van der Waals surface area contributed by atoms with Crippen LogP contribution in [0.25, 0.3) is 0 Å². The second-order valence-electron chi connectivity index (χ2n) is 3.67. The minimum Gasteiger partial charge on any atom is -0.481 e. The van der Waals surface area contributed by atoms with E-state index in [2.05, 4.69) is 5.10 Å². The Balaban J connectivity index is 2.91. The number of nitrogens with zero attached hydrogens (tertiary/aromatic N) is 3. The van der Waals surface area contributed by atoms with Crippen molar-refractivity contribution in [1.29, 1.82) is 0 Å². The van der Waals surface area contributed by atoms with Crippen LogP contribution in [0.2, 0.25) is 0 Å². The van der Waals surface area contributed by atoms with Crippen LogP contribution in [0, 0.1) is 23.0 Å². The van der Waals surface area contributed by atoms with Gasteiger partial charge in [-0.3, -0.25) is 19.6 Å². The van der Waals surface area contributed by atoms with Gasteiger partial charge in [0.1, 0.15) is 5.69 Å². The standard InChI is InChI=1S/C9H13N3O4S/c1-5(9(13)14)4-17-8-7(12(15)16)6(2)10-11(8)3/h5H,4H2,1-3H3,(H,13,14). The maximum atomic E-state index is 10.9. The van der Waals surface area contributed by atoms with Gasteiger partial charge in [0.2, 0.25) is 0 Å².